The minimum Gasteiger partial charge on any atom is -0.314 e. The van der Waals surface area contributed by atoms with Gasteiger partial charge in [0.1, 0.15) is 11.2 Å². The third-order valence-electron chi connectivity index (χ3n) is 5.27. The minimum absolute atomic E-state index is 0.00743. The number of likely N-dealkylation sites (N-methyl/N-ethyl adjacent to an activating group) is 1. The summed E-state index contributed by atoms with van der Waals surface area (Å²) < 4.78 is 13.5. The number of halogens is 1. The highest BCUT2D eigenvalue weighted by atomic mass is 19.1. The van der Waals surface area contributed by atoms with Gasteiger partial charge in [-0.1, -0.05) is 72.8 Å². The van der Waals surface area contributed by atoms with E-state index in [0.717, 1.165) is 22.4 Å². The van der Waals surface area contributed by atoms with Gasteiger partial charge in [-0.05, 0) is 41.3 Å². The molecule has 3 heteroatoms. The van der Waals surface area contributed by atoms with Crippen LogP contribution in [-0.4, -0.2) is 13.0 Å². The number of carbonyl (C=O) groups excluding carboxylic acids is 1. The van der Waals surface area contributed by atoms with E-state index in [2.05, 4.69) is 0 Å². The number of allylic oxidation sites excluding steroid dienone is 1. The van der Waals surface area contributed by atoms with E-state index in [-0.39, 0.29) is 11.7 Å². The van der Waals surface area contributed by atoms with E-state index in [1.807, 2.05) is 66.7 Å². The molecule has 0 N–H and O–H groups in total. The lowest BCUT2D eigenvalue weighted by atomic mass is 9.72. The fourth-order valence-corrected chi connectivity index (χ4v) is 3.90. The summed E-state index contributed by atoms with van der Waals surface area (Å²) in [5.41, 5.74) is 2.91. The Kier molecular flexibility index (Phi) is 4.36. The molecule has 27 heavy (non-hydrogen) atoms. The molecule has 0 fully saturated rings. The molecule has 1 atom stereocenters. The predicted molar refractivity (Wildman–Crippen MR) is 107 cm³/mol. The number of hydrogen-bond acceptors (Lipinski definition) is 1. The molecule has 134 valence electrons. The molecule has 0 bridgehead atoms. The fourth-order valence-electron chi connectivity index (χ4n) is 3.90. The van der Waals surface area contributed by atoms with Gasteiger partial charge in [0.25, 0.3) is 0 Å². The molecule has 0 saturated heterocycles. The van der Waals surface area contributed by atoms with Crippen LogP contribution in [0, 0.1) is 5.82 Å². The smallest absolute Gasteiger partial charge is 0.242 e. The van der Waals surface area contributed by atoms with Crippen molar-refractivity contribution >= 4 is 17.7 Å². The Hall–Kier alpha value is -3.20. The second-order valence-corrected chi connectivity index (χ2v) is 6.81. The monoisotopic (exact) mass is 357 g/mol. The molecular formula is C24H20FNO. The van der Waals surface area contributed by atoms with Crippen LogP contribution in [0.2, 0.25) is 0 Å². The highest BCUT2D eigenvalue weighted by Crippen LogP contribution is 2.48. The molecule has 2 nitrogen and oxygen atoms in total. The molecule has 4 rings (SSSR count). The predicted octanol–water partition coefficient (Wildman–Crippen LogP) is 5.19. The average molecular weight is 357 g/mol. The van der Waals surface area contributed by atoms with Crippen LogP contribution < -0.4 is 4.90 Å². The molecule has 0 spiro atoms. The van der Waals surface area contributed by atoms with E-state index in [9.17, 15) is 9.18 Å². The van der Waals surface area contributed by atoms with E-state index in [0.29, 0.717) is 6.42 Å². The molecular weight excluding hydrogens is 337 g/mol. The Morgan fingerprint density at radius 1 is 0.926 bits per heavy atom. The summed E-state index contributed by atoms with van der Waals surface area (Å²) in [4.78, 5) is 15.1. The minimum atomic E-state index is -0.843. The fraction of sp³-hybridized carbons (Fsp3) is 0.125. The maximum Gasteiger partial charge on any atom is 0.242 e. The zero-order valence-corrected chi connectivity index (χ0v) is 15.1. The third kappa shape index (κ3) is 2.85. The van der Waals surface area contributed by atoms with E-state index in [4.69, 9.17) is 0 Å². The first-order chi connectivity index (χ1) is 13.1. The number of hydrogen-bond donors (Lipinski definition) is 0. The number of para-hydroxylation sites is 1. The summed E-state index contributed by atoms with van der Waals surface area (Å²) in [6.07, 6.45) is 4.57. The van der Waals surface area contributed by atoms with Gasteiger partial charge in [0.15, 0.2) is 0 Å². The van der Waals surface area contributed by atoms with Gasteiger partial charge in [0, 0.05) is 12.7 Å². The van der Waals surface area contributed by atoms with Crippen molar-refractivity contribution in [3.05, 3.63) is 107 Å². The van der Waals surface area contributed by atoms with Crippen LogP contribution in [-0.2, 0) is 10.2 Å². The number of carbonyl (C=O) groups is 1. The highest BCUT2D eigenvalue weighted by Gasteiger charge is 2.49. The molecule has 0 aliphatic carbocycles. The Labute approximate surface area is 158 Å². The van der Waals surface area contributed by atoms with Crippen molar-refractivity contribution in [1.82, 2.24) is 0 Å². The molecule has 0 saturated carbocycles. The molecule has 3 aromatic carbocycles. The first-order valence-corrected chi connectivity index (χ1v) is 8.98. The third-order valence-corrected chi connectivity index (χ3v) is 5.27. The zero-order valence-electron chi connectivity index (χ0n) is 15.1. The van der Waals surface area contributed by atoms with Crippen molar-refractivity contribution in [2.75, 3.05) is 11.9 Å². The molecule has 1 unspecified atom stereocenters. The van der Waals surface area contributed by atoms with Gasteiger partial charge in [-0.25, -0.2) is 4.39 Å². The molecule has 1 aliphatic heterocycles. The Morgan fingerprint density at radius 3 is 2.33 bits per heavy atom. The van der Waals surface area contributed by atoms with Gasteiger partial charge in [0.05, 0.1) is 0 Å². The van der Waals surface area contributed by atoms with E-state index < -0.39 is 5.41 Å². The molecule has 1 amide bonds. The molecule has 0 aromatic heterocycles. The maximum atomic E-state index is 13.5. The molecule has 1 aliphatic rings. The van der Waals surface area contributed by atoms with Gasteiger partial charge in [-0.15, -0.1) is 0 Å². The average Bonchev–Trinajstić information content (AvgIpc) is 2.92. The number of rotatable bonds is 4. The summed E-state index contributed by atoms with van der Waals surface area (Å²) >= 11 is 0. The van der Waals surface area contributed by atoms with Crippen LogP contribution in [0.4, 0.5) is 10.1 Å². The maximum absolute atomic E-state index is 13.5. The van der Waals surface area contributed by atoms with Crippen LogP contribution in [0.5, 0.6) is 0 Å². The largest absolute Gasteiger partial charge is 0.314 e. The van der Waals surface area contributed by atoms with E-state index in [1.54, 1.807) is 24.1 Å². The number of benzene rings is 3. The second kappa shape index (κ2) is 6.84. The van der Waals surface area contributed by atoms with E-state index >= 15 is 0 Å². The Morgan fingerprint density at radius 2 is 1.59 bits per heavy atom. The summed E-state index contributed by atoms with van der Waals surface area (Å²) in [5.74, 6) is -0.297. The van der Waals surface area contributed by atoms with Crippen molar-refractivity contribution in [3.8, 4) is 0 Å². The SMILES string of the molecule is CN1C(=O)C(C/C=C/c2ccccc2)(c2ccc(F)cc2)c2ccccc21. The van der Waals surface area contributed by atoms with Crippen LogP contribution in [0.1, 0.15) is 23.1 Å². The van der Waals surface area contributed by atoms with Gasteiger partial charge < -0.3 is 4.90 Å². The van der Waals surface area contributed by atoms with Gasteiger partial charge >= 0.3 is 0 Å². The highest BCUT2D eigenvalue weighted by molar-refractivity contribution is 6.10. The van der Waals surface area contributed by atoms with Gasteiger partial charge in [-0.2, -0.15) is 0 Å². The van der Waals surface area contributed by atoms with Crippen LogP contribution >= 0.6 is 0 Å². The molecule has 3 aromatic rings. The van der Waals surface area contributed by atoms with E-state index in [1.165, 1.54) is 12.1 Å². The number of nitrogens with zero attached hydrogens (tertiary/aromatic N) is 1. The quantitative estimate of drug-likeness (QED) is 0.629. The second-order valence-electron chi connectivity index (χ2n) is 6.81. The van der Waals surface area contributed by atoms with Gasteiger partial charge in [0.2, 0.25) is 5.91 Å². The molecule has 0 radical (unpaired) electrons. The molecule has 1 heterocycles. The lowest BCUT2D eigenvalue weighted by Crippen LogP contribution is -2.39. The van der Waals surface area contributed by atoms with Gasteiger partial charge in [-0.3, -0.25) is 4.79 Å². The van der Waals surface area contributed by atoms with Crippen LogP contribution in [0.25, 0.3) is 6.08 Å². The summed E-state index contributed by atoms with van der Waals surface area (Å²) in [7, 11) is 1.80. The van der Waals surface area contributed by atoms with Crippen molar-refractivity contribution in [3.63, 3.8) is 0 Å². The first-order valence-electron chi connectivity index (χ1n) is 8.98. The first kappa shape index (κ1) is 17.2. The number of amides is 1. The van der Waals surface area contributed by atoms with Crippen molar-refractivity contribution in [2.45, 2.75) is 11.8 Å². The normalized spacial score (nSPS) is 18.9. The van der Waals surface area contributed by atoms with Crippen LogP contribution in [0.15, 0.2) is 84.9 Å². The lowest BCUT2D eigenvalue weighted by molar-refractivity contribution is -0.121. The number of fused-ring (bicyclic) bond motifs is 1. The van der Waals surface area contributed by atoms with Crippen molar-refractivity contribution < 1.29 is 9.18 Å². The Balaban J connectivity index is 1.83. The Bertz CT molecular complexity index is 994. The van der Waals surface area contributed by atoms with Crippen LogP contribution in [0.3, 0.4) is 0 Å². The van der Waals surface area contributed by atoms with Crippen molar-refractivity contribution in [1.29, 1.82) is 0 Å². The topological polar surface area (TPSA) is 20.3 Å². The summed E-state index contributed by atoms with van der Waals surface area (Å²) in [6, 6.07) is 24.1. The summed E-state index contributed by atoms with van der Waals surface area (Å²) in [5, 5.41) is 0. The standard InChI is InChI=1S/C24H20FNO/c1-26-22-12-6-5-11-21(22)24(23(26)27,19-13-15-20(25)16-14-19)17-7-10-18-8-3-2-4-9-18/h2-16H,17H2,1H3/b10-7+. The number of anilines is 1. The summed E-state index contributed by atoms with van der Waals surface area (Å²) in [6.45, 7) is 0. The van der Waals surface area contributed by atoms with Crippen molar-refractivity contribution in [2.24, 2.45) is 0 Å². The lowest BCUT2D eigenvalue weighted by Gasteiger charge is -2.28. The zero-order chi connectivity index (χ0) is 18.9.